The number of aliphatic carboxylic acids is 1. The lowest BCUT2D eigenvalue weighted by molar-refractivity contribution is -0.187. The Morgan fingerprint density at radius 3 is 2.39 bits per heavy atom. The van der Waals surface area contributed by atoms with Crippen LogP contribution >= 0.6 is 11.6 Å². The van der Waals surface area contributed by atoms with Crippen molar-refractivity contribution in [2.24, 2.45) is 11.8 Å². The van der Waals surface area contributed by atoms with E-state index in [0.29, 0.717) is 4.31 Å². The molecule has 1 heterocycles. The molecule has 128 valence electrons. The third kappa shape index (κ3) is 3.96. The number of sulfonamides is 1. The summed E-state index contributed by atoms with van der Waals surface area (Å²) in [7, 11) is -4.11. The summed E-state index contributed by atoms with van der Waals surface area (Å²) in [5, 5.41) is 9.10. The minimum absolute atomic E-state index is 0.178. The Hall–Kier alpha value is -1.32. The zero-order valence-electron chi connectivity index (χ0n) is 11.6. The average molecular weight is 372 g/mol. The lowest BCUT2D eigenvalue weighted by Gasteiger charge is -2.18. The van der Waals surface area contributed by atoms with E-state index in [0.717, 1.165) is 0 Å². The lowest BCUT2D eigenvalue weighted by atomic mass is 9.96. The quantitative estimate of drug-likeness (QED) is 0.881. The van der Waals surface area contributed by atoms with Gasteiger partial charge in [-0.2, -0.15) is 13.2 Å². The molecule has 0 aromatic heterocycles. The maximum atomic E-state index is 12.9. The van der Waals surface area contributed by atoms with Crippen LogP contribution in [0.25, 0.3) is 0 Å². The molecule has 10 heteroatoms. The van der Waals surface area contributed by atoms with E-state index in [1.165, 1.54) is 12.1 Å². The van der Waals surface area contributed by atoms with Crippen LogP contribution in [0.1, 0.15) is 5.56 Å². The van der Waals surface area contributed by atoms with Gasteiger partial charge in [-0.05, 0) is 11.6 Å². The summed E-state index contributed by atoms with van der Waals surface area (Å²) in [6, 6.07) is 6.06. The molecule has 1 aromatic rings. The fourth-order valence-electron chi connectivity index (χ4n) is 2.48. The Labute approximate surface area is 135 Å². The molecule has 0 radical (unpaired) electrons. The highest BCUT2D eigenvalue weighted by molar-refractivity contribution is 7.88. The van der Waals surface area contributed by atoms with Gasteiger partial charge in [-0.25, -0.2) is 12.7 Å². The second-order valence-corrected chi connectivity index (χ2v) is 7.63. The van der Waals surface area contributed by atoms with Crippen LogP contribution in [0.15, 0.2) is 24.3 Å². The van der Waals surface area contributed by atoms with Crippen LogP contribution in [-0.4, -0.2) is 43.1 Å². The van der Waals surface area contributed by atoms with Crippen molar-refractivity contribution in [2.45, 2.75) is 11.9 Å². The SMILES string of the molecule is O=C(O)[C@@H]1CN(S(=O)(=O)Cc2ccccc2Cl)C[C@H]1C(F)(F)F. The Balaban J connectivity index is 2.24. The van der Waals surface area contributed by atoms with E-state index in [2.05, 4.69) is 0 Å². The third-order valence-electron chi connectivity index (χ3n) is 3.71. The van der Waals surface area contributed by atoms with Crippen LogP contribution < -0.4 is 0 Å². The molecule has 1 aromatic carbocycles. The molecule has 2 rings (SSSR count). The van der Waals surface area contributed by atoms with Crippen molar-refractivity contribution >= 4 is 27.6 Å². The van der Waals surface area contributed by atoms with Gasteiger partial charge in [0, 0.05) is 18.1 Å². The van der Waals surface area contributed by atoms with Crippen molar-refractivity contribution in [1.82, 2.24) is 4.31 Å². The largest absolute Gasteiger partial charge is 0.481 e. The number of hydrogen-bond acceptors (Lipinski definition) is 3. The Morgan fingerprint density at radius 2 is 1.91 bits per heavy atom. The molecule has 5 nitrogen and oxygen atoms in total. The summed E-state index contributed by atoms with van der Waals surface area (Å²) in [4.78, 5) is 11.0. The van der Waals surface area contributed by atoms with Gasteiger partial charge < -0.3 is 5.11 Å². The summed E-state index contributed by atoms with van der Waals surface area (Å²) in [6.07, 6.45) is -4.78. The van der Waals surface area contributed by atoms with E-state index < -0.39 is 52.8 Å². The number of benzene rings is 1. The van der Waals surface area contributed by atoms with Crippen LogP contribution in [0.3, 0.4) is 0 Å². The normalized spacial score (nSPS) is 23.1. The van der Waals surface area contributed by atoms with E-state index in [9.17, 15) is 26.4 Å². The van der Waals surface area contributed by atoms with Gasteiger partial charge in [-0.1, -0.05) is 29.8 Å². The summed E-state index contributed by atoms with van der Waals surface area (Å²) < 4.78 is 63.9. The number of carbonyl (C=O) groups is 1. The number of halogens is 4. The van der Waals surface area contributed by atoms with Crippen molar-refractivity contribution in [2.75, 3.05) is 13.1 Å². The number of carboxylic acid groups (broad SMARTS) is 1. The Kier molecular flexibility index (Phi) is 4.93. The minimum Gasteiger partial charge on any atom is -0.481 e. The second-order valence-electron chi connectivity index (χ2n) is 5.26. The zero-order chi connectivity index (χ0) is 17.4. The first-order chi connectivity index (χ1) is 10.5. The topological polar surface area (TPSA) is 74.7 Å². The fourth-order valence-corrected chi connectivity index (χ4v) is 4.36. The monoisotopic (exact) mass is 371 g/mol. The molecular weight excluding hydrogens is 359 g/mol. The smallest absolute Gasteiger partial charge is 0.393 e. The fraction of sp³-hybridized carbons (Fsp3) is 0.462. The number of carboxylic acids is 1. The first kappa shape index (κ1) is 18.0. The second kappa shape index (κ2) is 6.29. The van der Waals surface area contributed by atoms with Crippen LogP contribution in [0, 0.1) is 11.8 Å². The molecule has 0 bridgehead atoms. The molecule has 0 aliphatic carbocycles. The maximum absolute atomic E-state index is 12.9. The molecule has 0 saturated carbocycles. The van der Waals surface area contributed by atoms with Crippen molar-refractivity contribution in [3.8, 4) is 0 Å². The van der Waals surface area contributed by atoms with Gasteiger partial charge in [-0.3, -0.25) is 4.79 Å². The van der Waals surface area contributed by atoms with Crippen molar-refractivity contribution in [3.05, 3.63) is 34.9 Å². The Morgan fingerprint density at radius 1 is 1.30 bits per heavy atom. The molecule has 1 aliphatic rings. The van der Waals surface area contributed by atoms with E-state index >= 15 is 0 Å². The van der Waals surface area contributed by atoms with Gasteiger partial charge in [0.05, 0.1) is 17.6 Å². The highest BCUT2D eigenvalue weighted by Gasteiger charge is 2.54. The van der Waals surface area contributed by atoms with Gasteiger partial charge in [0.15, 0.2) is 0 Å². The van der Waals surface area contributed by atoms with Gasteiger partial charge >= 0.3 is 12.1 Å². The number of hydrogen-bond donors (Lipinski definition) is 1. The predicted octanol–water partition coefficient (Wildman–Crippen LogP) is 2.36. The summed E-state index contributed by atoms with van der Waals surface area (Å²) in [6.45, 7) is -1.60. The Bertz CT molecular complexity index is 707. The van der Waals surface area contributed by atoms with Gasteiger partial charge in [0.2, 0.25) is 10.0 Å². The maximum Gasteiger partial charge on any atom is 0.393 e. The van der Waals surface area contributed by atoms with E-state index in [-0.39, 0.29) is 10.6 Å². The van der Waals surface area contributed by atoms with Gasteiger partial charge in [-0.15, -0.1) is 0 Å². The first-order valence-electron chi connectivity index (χ1n) is 6.53. The number of alkyl halides is 3. The van der Waals surface area contributed by atoms with Crippen LogP contribution in [0.4, 0.5) is 13.2 Å². The number of nitrogens with zero attached hydrogens (tertiary/aromatic N) is 1. The van der Waals surface area contributed by atoms with Crippen molar-refractivity contribution in [1.29, 1.82) is 0 Å². The summed E-state index contributed by atoms with van der Waals surface area (Å²) in [5.74, 6) is -6.27. The van der Waals surface area contributed by atoms with Crippen molar-refractivity contribution in [3.63, 3.8) is 0 Å². The lowest BCUT2D eigenvalue weighted by Crippen LogP contribution is -2.34. The zero-order valence-corrected chi connectivity index (χ0v) is 13.2. The third-order valence-corrected chi connectivity index (χ3v) is 5.84. The minimum atomic E-state index is -4.78. The van der Waals surface area contributed by atoms with E-state index in [4.69, 9.17) is 16.7 Å². The molecule has 23 heavy (non-hydrogen) atoms. The van der Waals surface area contributed by atoms with E-state index in [1.54, 1.807) is 12.1 Å². The first-order valence-corrected chi connectivity index (χ1v) is 8.52. The molecular formula is C13H13ClF3NO4S. The molecule has 1 saturated heterocycles. The summed E-state index contributed by atoms with van der Waals surface area (Å²) in [5.41, 5.74) is 0.247. The predicted molar refractivity (Wildman–Crippen MR) is 76.3 cm³/mol. The average Bonchev–Trinajstić information content (AvgIpc) is 2.87. The highest BCUT2D eigenvalue weighted by atomic mass is 35.5. The van der Waals surface area contributed by atoms with Crippen LogP contribution in [-0.2, 0) is 20.6 Å². The molecule has 1 N–H and O–H groups in total. The highest BCUT2D eigenvalue weighted by Crippen LogP contribution is 2.39. The van der Waals surface area contributed by atoms with Crippen molar-refractivity contribution < 1.29 is 31.5 Å². The van der Waals surface area contributed by atoms with Gasteiger partial charge in [0.1, 0.15) is 0 Å². The van der Waals surface area contributed by atoms with Crippen LogP contribution in [0.2, 0.25) is 5.02 Å². The molecule has 1 fully saturated rings. The molecule has 1 aliphatic heterocycles. The standard InChI is InChI=1S/C13H13ClF3NO4S/c14-11-4-2-1-3-8(11)7-23(21,22)18-5-9(12(19)20)10(6-18)13(15,16)17/h1-4,9-10H,5-7H2,(H,19,20)/t9-,10-/m1/s1. The summed E-state index contributed by atoms with van der Waals surface area (Å²) >= 11 is 5.86. The van der Waals surface area contributed by atoms with Gasteiger partial charge in [0.25, 0.3) is 0 Å². The number of rotatable bonds is 4. The molecule has 0 spiro atoms. The molecule has 0 unspecified atom stereocenters. The van der Waals surface area contributed by atoms with E-state index in [1.807, 2.05) is 0 Å². The molecule has 0 amide bonds. The molecule has 2 atom stereocenters. The van der Waals surface area contributed by atoms with Crippen LogP contribution in [0.5, 0.6) is 0 Å².